The van der Waals surface area contributed by atoms with Crippen molar-refractivity contribution in [1.29, 1.82) is 0 Å². The predicted molar refractivity (Wildman–Crippen MR) is 54.1 cm³/mol. The van der Waals surface area contributed by atoms with E-state index in [2.05, 4.69) is 9.47 Å². The van der Waals surface area contributed by atoms with Gasteiger partial charge in [0.1, 0.15) is 17.8 Å². The van der Waals surface area contributed by atoms with Crippen molar-refractivity contribution in [3.63, 3.8) is 0 Å². The van der Waals surface area contributed by atoms with Gasteiger partial charge in [-0.15, -0.1) is 13.2 Å². The van der Waals surface area contributed by atoms with Crippen LogP contribution in [0.4, 0.5) is 22.0 Å². The Morgan fingerprint density at radius 3 is 2.47 bits per heavy atom. The molecule has 0 aliphatic heterocycles. The average Bonchev–Trinajstić information content (AvgIpc) is 2.25. The fraction of sp³-hybridized carbons (Fsp3) is 0.364. The Balaban J connectivity index is 2.96. The molecular formula is C11H9F5O3. The van der Waals surface area contributed by atoms with Crippen molar-refractivity contribution in [2.45, 2.75) is 25.8 Å². The van der Waals surface area contributed by atoms with Gasteiger partial charge in [0.2, 0.25) is 0 Å². The van der Waals surface area contributed by atoms with Crippen molar-refractivity contribution in [2.75, 3.05) is 0 Å². The van der Waals surface area contributed by atoms with Gasteiger partial charge in [-0.25, -0.2) is 0 Å². The maximum absolute atomic E-state index is 12.1. The number of ether oxygens (including phenoxy) is 2. The Hall–Kier alpha value is -1.86. The van der Waals surface area contributed by atoms with Crippen LogP contribution in [0.2, 0.25) is 0 Å². The first-order valence-electron chi connectivity index (χ1n) is 5.09. The molecule has 0 bridgehead atoms. The van der Waals surface area contributed by atoms with Crippen molar-refractivity contribution in [3.05, 3.63) is 23.8 Å². The van der Waals surface area contributed by atoms with Gasteiger partial charge in [0, 0.05) is 12.5 Å². The Labute approximate surface area is 104 Å². The summed E-state index contributed by atoms with van der Waals surface area (Å²) in [5.74, 6) is -1.11. The van der Waals surface area contributed by atoms with Crippen LogP contribution < -0.4 is 9.47 Å². The van der Waals surface area contributed by atoms with E-state index in [4.69, 9.17) is 0 Å². The number of rotatable bonds is 6. The SMILES string of the molecule is O=CCCc1ccc(OC(F)(F)F)cc1OC(F)F. The molecule has 0 saturated carbocycles. The highest BCUT2D eigenvalue weighted by Gasteiger charge is 2.31. The molecule has 0 unspecified atom stereocenters. The van der Waals surface area contributed by atoms with Gasteiger partial charge in [-0.2, -0.15) is 8.78 Å². The summed E-state index contributed by atoms with van der Waals surface area (Å²) in [4.78, 5) is 10.2. The van der Waals surface area contributed by atoms with Gasteiger partial charge in [0.05, 0.1) is 0 Å². The zero-order valence-corrected chi connectivity index (χ0v) is 9.42. The normalized spacial score (nSPS) is 11.5. The number of benzene rings is 1. The molecule has 3 nitrogen and oxygen atoms in total. The molecular weight excluding hydrogens is 275 g/mol. The molecule has 1 rings (SSSR count). The topological polar surface area (TPSA) is 35.5 Å². The van der Waals surface area contributed by atoms with Gasteiger partial charge >= 0.3 is 13.0 Å². The van der Waals surface area contributed by atoms with Crippen molar-refractivity contribution < 1.29 is 36.2 Å². The van der Waals surface area contributed by atoms with E-state index in [1.807, 2.05) is 0 Å². The number of carbonyl (C=O) groups excluding carboxylic acids is 1. The van der Waals surface area contributed by atoms with Crippen LogP contribution >= 0.6 is 0 Å². The molecule has 0 atom stereocenters. The molecule has 106 valence electrons. The van der Waals surface area contributed by atoms with Gasteiger partial charge in [-0.1, -0.05) is 6.07 Å². The molecule has 0 aromatic heterocycles. The van der Waals surface area contributed by atoms with Crippen molar-refractivity contribution >= 4 is 6.29 Å². The minimum absolute atomic E-state index is 0.0407. The maximum atomic E-state index is 12.1. The van der Waals surface area contributed by atoms with E-state index in [-0.39, 0.29) is 18.4 Å². The number of aldehydes is 1. The van der Waals surface area contributed by atoms with Crippen LogP contribution in [0.15, 0.2) is 18.2 Å². The lowest BCUT2D eigenvalue weighted by Crippen LogP contribution is -2.17. The van der Waals surface area contributed by atoms with Crippen LogP contribution in [0, 0.1) is 0 Å². The first-order valence-corrected chi connectivity index (χ1v) is 5.09. The molecule has 0 amide bonds. The number of hydrogen-bond acceptors (Lipinski definition) is 3. The molecule has 0 N–H and O–H groups in total. The minimum atomic E-state index is -4.92. The third-order valence-electron chi connectivity index (χ3n) is 2.02. The summed E-state index contributed by atoms with van der Waals surface area (Å²) in [7, 11) is 0. The summed E-state index contributed by atoms with van der Waals surface area (Å²) in [5.41, 5.74) is 0.196. The Kier molecular flexibility index (Phi) is 5.08. The lowest BCUT2D eigenvalue weighted by molar-refractivity contribution is -0.274. The highest BCUT2D eigenvalue weighted by Crippen LogP contribution is 2.30. The van der Waals surface area contributed by atoms with Gasteiger partial charge in [0.25, 0.3) is 0 Å². The Morgan fingerprint density at radius 1 is 1.26 bits per heavy atom. The summed E-state index contributed by atoms with van der Waals surface area (Å²) in [6.45, 7) is -3.18. The van der Waals surface area contributed by atoms with Crippen LogP contribution in [0.1, 0.15) is 12.0 Å². The van der Waals surface area contributed by atoms with Crippen molar-refractivity contribution in [1.82, 2.24) is 0 Å². The highest BCUT2D eigenvalue weighted by molar-refractivity contribution is 5.51. The molecule has 0 fully saturated rings. The summed E-state index contributed by atoms with van der Waals surface area (Å²) >= 11 is 0. The second-order valence-corrected chi connectivity index (χ2v) is 3.40. The van der Waals surface area contributed by atoms with E-state index in [1.165, 1.54) is 0 Å². The van der Waals surface area contributed by atoms with Crippen molar-refractivity contribution in [3.8, 4) is 11.5 Å². The molecule has 1 aromatic rings. The Morgan fingerprint density at radius 2 is 1.95 bits per heavy atom. The van der Waals surface area contributed by atoms with Crippen molar-refractivity contribution in [2.24, 2.45) is 0 Å². The number of halogens is 5. The van der Waals surface area contributed by atoms with Crippen LogP contribution in [-0.4, -0.2) is 19.3 Å². The third-order valence-corrected chi connectivity index (χ3v) is 2.02. The summed E-state index contributed by atoms with van der Waals surface area (Å²) < 4.78 is 67.9. The first kappa shape index (κ1) is 15.2. The van der Waals surface area contributed by atoms with E-state index in [0.717, 1.165) is 12.1 Å². The monoisotopic (exact) mass is 284 g/mol. The van der Waals surface area contributed by atoms with Gasteiger partial charge < -0.3 is 14.3 Å². The minimum Gasteiger partial charge on any atom is -0.434 e. The molecule has 19 heavy (non-hydrogen) atoms. The second kappa shape index (κ2) is 6.35. The number of carbonyl (C=O) groups is 1. The molecule has 0 radical (unpaired) electrons. The summed E-state index contributed by atoms with van der Waals surface area (Å²) in [6.07, 6.45) is -4.24. The largest absolute Gasteiger partial charge is 0.573 e. The van der Waals surface area contributed by atoms with Crippen LogP contribution in [0.25, 0.3) is 0 Å². The van der Waals surface area contributed by atoms with Gasteiger partial charge in [0.15, 0.2) is 0 Å². The average molecular weight is 284 g/mol. The summed E-state index contributed by atoms with van der Waals surface area (Å²) in [5, 5.41) is 0. The highest BCUT2D eigenvalue weighted by atomic mass is 19.4. The smallest absolute Gasteiger partial charge is 0.434 e. The second-order valence-electron chi connectivity index (χ2n) is 3.40. The molecule has 0 spiro atoms. The maximum Gasteiger partial charge on any atom is 0.573 e. The number of aryl methyl sites for hydroxylation is 1. The predicted octanol–water partition coefficient (Wildman–Crippen LogP) is 3.32. The first-order chi connectivity index (χ1) is 8.81. The third kappa shape index (κ3) is 5.54. The number of alkyl halides is 5. The molecule has 0 aliphatic carbocycles. The van der Waals surface area contributed by atoms with Crippen LogP contribution in [0.5, 0.6) is 11.5 Å². The zero-order chi connectivity index (χ0) is 14.5. The lowest BCUT2D eigenvalue weighted by Gasteiger charge is -2.13. The lowest BCUT2D eigenvalue weighted by atomic mass is 10.1. The molecule has 0 aliphatic rings. The summed E-state index contributed by atoms with van der Waals surface area (Å²) in [6, 6.07) is 2.81. The number of hydrogen-bond donors (Lipinski definition) is 0. The molecule has 1 aromatic carbocycles. The van der Waals surface area contributed by atoms with E-state index >= 15 is 0 Å². The fourth-order valence-corrected chi connectivity index (χ4v) is 1.36. The molecule has 0 saturated heterocycles. The molecule has 8 heteroatoms. The zero-order valence-electron chi connectivity index (χ0n) is 9.42. The van der Waals surface area contributed by atoms with Gasteiger partial charge in [-0.3, -0.25) is 0 Å². The quantitative estimate of drug-likeness (QED) is 0.594. The fourth-order valence-electron chi connectivity index (χ4n) is 1.36. The Bertz CT molecular complexity index is 431. The standard InChI is InChI=1S/C11H9F5O3/c12-10(13)18-9-6-8(19-11(14,15)16)4-3-7(9)2-1-5-17/h3-6,10H,1-2H2. The van der Waals surface area contributed by atoms with E-state index in [9.17, 15) is 26.7 Å². The van der Waals surface area contributed by atoms with E-state index in [0.29, 0.717) is 12.4 Å². The van der Waals surface area contributed by atoms with Gasteiger partial charge in [-0.05, 0) is 18.1 Å². The van der Waals surface area contributed by atoms with Crippen LogP contribution in [0.3, 0.4) is 0 Å². The van der Waals surface area contributed by atoms with E-state index in [1.54, 1.807) is 0 Å². The van der Waals surface area contributed by atoms with Crippen LogP contribution in [-0.2, 0) is 11.2 Å². The molecule has 0 heterocycles. The van der Waals surface area contributed by atoms with E-state index < -0.39 is 24.5 Å².